The Hall–Kier alpha value is -3.41. The third-order valence-corrected chi connectivity index (χ3v) is 14.4. The molecule has 0 N–H and O–H groups in total. The molecule has 444 valence electrons. The van der Waals surface area contributed by atoms with Gasteiger partial charge in [0, 0.05) is 19.3 Å². The van der Waals surface area contributed by atoms with Crippen molar-refractivity contribution in [3.8, 4) is 0 Å². The van der Waals surface area contributed by atoms with Crippen LogP contribution in [0.15, 0.2) is 85.1 Å². The summed E-state index contributed by atoms with van der Waals surface area (Å²) in [5.41, 5.74) is 0. The zero-order valence-electron chi connectivity index (χ0n) is 51.0. The fourth-order valence-corrected chi connectivity index (χ4v) is 9.41. The average Bonchev–Trinajstić information content (AvgIpc) is 3.43. The first kappa shape index (κ1) is 73.6. The van der Waals surface area contributed by atoms with Crippen LogP contribution in [0.5, 0.6) is 0 Å². The van der Waals surface area contributed by atoms with Crippen LogP contribution in [0.2, 0.25) is 0 Å². The van der Waals surface area contributed by atoms with Gasteiger partial charge in [-0.25, -0.2) is 0 Å². The molecule has 0 radical (unpaired) electrons. The first-order chi connectivity index (χ1) is 38.0. The maximum atomic E-state index is 12.9. The van der Waals surface area contributed by atoms with Crippen molar-refractivity contribution in [3.63, 3.8) is 0 Å². The zero-order chi connectivity index (χ0) is 55.7. The van der Waals surface area contributed by atoms with E-state index in [2.05, 4.69) is 106 Å². The number of carbonyl (C=O) groups is 3. The van der Waals surface area contributed by atoms with Gasteiger partial charge >= 0.3 is 17.9 Å². The van der Waals surface area contributed by atoms with Gasteiger partial charge < -0.3 is 14.2 Å². The highest BCUT2D eigenvalue weighted by Gasteiger charge is 2.19. The SMILES string of the molecule is CC/C=C\C/C=C\C/C=C\C/C=C\C/C=C\CCCC(=O)OCC(COC(=O)CCCCCCCCCCCCC/C=C\CCCCCCCCCC)OC(=O)CCCCCCCCCCC/C=C\CCCCCCCC. The molecular formula is C71H124O6. The topological polar surface area (TPSA) is 78.9 Å². The van der Waals surface area contributed by atoms with Gasteiger partial charge in [0.2, 0.25) is 0 Å². The molecule has 0 aromatic heterocycles. The van der Waals surface area contributed by atoms with E-state index in [4.69, 9.17) is 14.2 Å². The Morgan fingerprint density at radius 3 is 0.857 bits per heavy atom. The first-order valence-corrected chi connectivity index (χ1v) is 33.1. The molecule has 0 rings (SSSR count). The summed E-state index contributed by atoms with van der Waals surface area (Å²) in [6.45, 7) is 6.51. The Bertz CT molecular complexity index is 1470. The molecule has 0 aromatic rings. The fraction of sp³-hybridized carbons (Fsp3) is 0.761. The number of rotatable bonds is 60. The van der Waals surface area contributed by atoms with E-state index in [1.54, 1.807) is 0 Å². The van der Waals surface area contributed by atoms with E-state index < -0.39 is 6.10 Å². The quantitative estimate of drug-likeness (QED) is 0.0261. The summed E-state index contributed by atoms with van der Waals surface area (Å²) in [6.07, 6.45) is 86.0. The van der Waals surface area contributed by atoms with Crippen LogP contribution in [0.3, 0.4) is 0 Å². The summed E-state index contributed by atoms with van der Waals surface area (Å²) in [5, 5.41) is 0. The molecule has 0 saturated heterocycles. The highest BCUT2D eigenvalue weighted by Crippen LogP contribution is 2.16. The summed E-state index contributed by atoms with van der Waals surface area (Å²) in [4.78, 5) is 38.4. The highest BCUT2D eigenvalue weighted by molar-refractivity contribution is 5.71. The van der Waals surface area contributed by atoms with E-state index in [0.29, 0.717) is 19.3 Å². The molecule has 6 nitrogen and oxygen atoms in total. The molecule has 0 heterocycles. The minimum absolute atomic E-state index is 0.0938. The number of allylic oxidation sites excluding steroid dienone is 14. The van der Waals surface area contributed by atoms with Crippen molar-refractivity contribution in [2.45, 2.75) is 335 Å². The minimum atomic E-state index is -0.802. The van der Waals surface area contributed by atoms with Gasteiger partial charge in [0.15, 0.2) is 6.10 Å². The van der Waals surface area contributed by atoms with E-state index in [-0.39, 0.29) is 37.5 Å². The molecule has 0 aliphatic heterocycles. The molecule has 0 bridgehead atoms. The lowest BCUT2D eigenvalue weighted by atomic mass is 10.0. The van der Waals surface area contributed by atoms with Gasteiger partial charge in [-0.3, -0.25) is 14.4 Å². The third kappa shape index (κ3) is 63.3. The van der Waals surface area contributed by atoms with Crippen molar-refractivity contribution in [2.24, 2.45) is 0 Å². The number of ether oxygens (including phenoxy) is 3. The van der Waals surface area contributed by atoms with Crippen LogP contribution in [0.25, 0.3) is 0 Å². The van der Waals surface area contributed by atoms with Crippen molar-refractivity contribution in [2.75, 3.05) is 13.2 Å². The lowest BCUT2D eigenvalue weighted by Crippen LogP contribution is -2.30. The number of esters is 3. The van der Waals surface area contributed by atoms with Crippen LogP contribution < -0.4 is 0 Å². The summed E-state index contributed by atoms with van der Waals surface area (Å²) in [6, 6.07) is 0. The van der Waals surface area contributed by atoms with E-state index in [9.17, 15) is 14.4 Å². The highest BCUT2D eigenvalue weighted by atomic mass is 16.6. The van der Waals surface area contributed by atoms with Crippen molar-refractivity contribution in [1.29, 1.82) is 0 Å². The largest absolute Gasteiger partial charge is 0.462 e. The van der Waals surface area contributed by atoms with Crippen LogP contribution in [0.4, 0.5) is 0 Å². The predicted octanol–water partition coefficient (Wildman–Crippen LogP) is 22.7. The smallest absolute Gasteiger partial charge is 0.306 e. The van der Waals surface area contributed by atoms with Crippen LogP contribution in [0, 0.1) is 0 Å². The second kappa shape index (κ2) is 65.1. The van der Waals surface area contributed by atoms with E-state index in [0.717, 1.165) is 77.0 Å². The molecular weight excluding hydrogens is 949 g/mol. The van der Waals surface area contributed by atoms with E-state index in [1.807, 2.05) is 0 Å². The van der Waals surface area contributed by atoms with Crippen LogP contribution >= 0.6 is 0 Å². The predicted molar refractivity (Wildman–Crippen MR) is 334 cm³/mol. The lowest BCUT2D eigenvalue weighted by molar-refractivity contribution is -0.167. The fourth-order valence-electron chi connectivity index (χ4n) is 9.41. The minimum Gasteiger partial charge on any atom is -0.462 e. The standard InChI is InChI=1S/C71H124O6/c1-4-7-10-13-16-19-22-25-28-31-33-34-35-36-38-40-43-46-49-52-55-58-61-64-70(73)76-67-68(66-75-69(72)63-60-57-54-51-48-45-42-39-30-27-24-21-18-15-12-9-6-3)77-71(74)65-62-59-56-53-50-47-44-41-37-32-29-26-23-20-17-14-11-8-5-2/h9,12,18,21,26-27,29-31,33,42,45,51,54,68H,4-8,10-11,13-17,19-20,22-25,28,32,34-41,43-44,46-50,52-53,55-67H2,1-3H3/b12-9-,21-18-,29-26-,30-27-,33-31-,45-42-,54-51-. The Balaban J connectivity index is 4.40. The maximum absolute atomic E-state index is 12.9. The van der Waals surface area contributed by atoms with E-state index in [1.165, 1.54) is 205 Å². The van der Waals surface area contributed by atoms with Crippen molar-refractivity contribution >= 4 is 17.9 Å². The number of hydrogen-bond acceptors (Lipinski definition) is 6. The molecule has 0 fully saturated rings. The van der Waals surface area contributed by atoms with Gasteiger partial charge in [-0.15, -0.1) is 0 Å². The maximum Gasteiger partial charge on any atom is 0.306 e. The molecule has 77 heavy (non-hydrogen) atoms. The van der Waals surface area contributed by atoms with Crippen molar-refractivity contribution < 1.29 is 28.6 Å². The van der Waals surface area contributed by atoms with Crippen LogP contribution in [0.1, 0.15) is 329 Å². The van der Waals surface area contributed by atoms with Gasteiger partial charge in [0.05, 0.1) is 0 Å². The van der Waals surface area contributed by atoms with E-state index >= 15 is 0 Å². The molecule has 6 heteroatoms. The average molecular weight is 1070 g/mol. The van der Waals surface area contributed by atoms with Crippen molar-refractivity contribution in [3.05, 3.63) is 85.1 Å². The summed E-state index contributed by atoms with van der Waals surface area (Å²) < 4.78 is 16.9. The number of carbonyl (C=O) groups excluding carboxylic acids is 3. The second-order valence-corrected chi connectivity index (χ2v) is 22.0. The monoisotopic (exact) mass is 1070 g/mol. The molecule has 0 saturated carbocycles. The number of hydrogen-bond donors (Lipinski definition) is 0. The van der Waals surface area contributed by atoms with Crippen molar-refractivity contribution in [1.82, 2.24) is 0 Å². The van der Waals surface area contributed by atoms with Crippen LogP contribution in [-0.4, -0.2) is 37.2 Å². The Kier molecular flexibility index (Phi) is 62.2. The van der Waals surface area contributed by atoms with Gasteiger partial charge in [0.25, 0.3) is 0 Å². The molecule has 0 aliphatic rings. The van der Waals surface area contributed by atoms with Gasteiger partial charge in [-0.05, 0) is 109 Å². The lowest BCUT2D eigenvalue weighted by Gasteiger charge is -2.18. The first-order valence-electron chi connectivity index (χ1n) is 33.1. The molecule has 0 spiro atoms. The normalized spacial score (nSPS) is 12.6. The zero-order valence-corrected chi connectivity index (χ0v) is 51.0. The molecule has 1 unspecified atom stereocenters. The Morgan fingerprint density at radius 2 is 0.519 bits per heavy atom. The molecule has 1 atom stereocenters. The Morgan fingerprint density at radius 1 is 0.273 bits per heavy atom. The molecule has 0 amide bonds. The second-order valence-electron chi connectivity index (χ2n) is 22.0. The molecule has 0 aliphatic carbocycles. The van der Waals surface area contributed by atoms with Gasteiger partial charge in [0.1, 0.15) is 13.2 Å². The summed E-state index contributed by atoms with van der Waals surface area (Å²) >= 11 is 0. The molecule has 0 aromatic carbocycles. The summed E-state index contributed by atoms with van der Waals surface area (Å²) in [5.74, 6) is -0.944. The van der Waals surface area contributed by atoms with Gasteiger partial charge in [-0.1, -0.05) is 286 Å². The third-order valence-electron chi connectivity index (χ3n) is 14.4. The van der Waals surface area contributed by atoms with Gasteiger partial charge in [-0.2, -0.15) is 0 Å². The van der Waals surface area contributed by atoms with Crippen LogP contribution in [-0.2, 0) is 28.6 Å². The number of unbranched alkanes of at least 4 members (excludes halogenated alkanes) is 35. The Labute approximate surface area is 477 Å². The summed E-state index contributed by atoms with van der Waals surface area (Å²) in [7, 11) is 0.